The molecule has 4 nitrogen and oxygen atoms in total. The van der Waals surface area contributed by atoms with Gasteiger partial charge in [-0.15, -0.1) is 0 Å². The quantitative estimate of drug-likeness (QED) is 0.716. The van der Waals surface area contributed by atoms with Gasteiger partial charge in [0.05, 0.1) is 18.9 Å². The van der Waals surface area contributed by atoms with E-state index in [2.05, 4.69) is 10.3 Å². The van der Waals surface area contributed by atoms with Gasteiger partial charge in [-0.2, -0.15) is 0 Å². The van der Waals surface area contributed by atoms with Gasteiger partial charge < -0.3 is 14.8 Å². The first-order chi connectivity index (χ1) is 8.79. The summed E-state index contributed by atoms with van der Waals surface area (Å²) >= 11 is 0. The molecule has 0 aromatic carbocycles. The maximum absolute atomic E-state index is 5.84. The van der Waals surface area contributed by atoms with Crippen LogP contribution in [-0.4, -0.2) is 31.9 Å². The molecule has 1 aromatic rings. The Labute approximate surface area is 109 Å². The molecule has 100 valence electrons. The van der Waals surface area contributed by atoms with Gasteiger partial charge in [0.1, 0.15) is 5.75 Å². The molecule has 0 spiro atoms. The molecule has 1 aromatic heterocycles. The second-order valence-electron chi connectivity index (χ2n) is 4.82. The predicted molar refractivity (Wildman–Crippen MR) is 70.8 cm³/mol. The molecule has 1 N–H and O–H groups in total. The number of nitrogens with one attached hydrogen (secondary N) is 1. The summed E-state index contributed by atoms with van der Waals surface area (Å²) in [6.45, 7) is 5.10. The normalized spacial score (nSPS) is 14.8. The van der Waals surface area contributed by atoms with Gasteiger partial charge in [-0.05, 0) is 37.8 Å². The maximum atomic E-state index is 5.84. The Balaban J connectivity index is 1.89. The Bertz CT molecular complexity index is 378. The van der Waals surface area contributed by atoms with Crippen molar-refractivity contribution in [3.63, 3.8) is 0 Å². The Kier molecular flexibility index (Phi) is 4.96. The largest absolute Gasteiger partial charge is 0.491 e. The summed E-state index contributed by atoms with van der Waals surface area (Å²) < 4.78 is 10.8. The van der Waals surface area contributed by atoms with Crippen LogP contribution in [0.2, 0.25) is 0 Å². The number of hydrogen-bond donors (Lipinski definition) is 1. The zero-order valence-electron chi connectivity index (χ0n) is 11.2. The van der Waals surface area contributed by atoms with E-state index in [9.17, 15) is 0 Å². The van der Waals surface area contributed by atoms with Crippen molar-refractivity contribution < 1.29 is 9.47 Å². The van der Waals surface area contributed by atoms with E-state index in [-0.39, 0.29) is 0 Å². The molecular weight excluding hydrogens is 228 g/mol. The van der Waals surface area contributed by atoms with Gasteiger partial charge in [0.15, 0.2) is 0 Å². The Hall–Kier alpha value is -1.13. The van der Waals surface area contributed by atoms with Gasteiger partial charge in [0.2, 0.25) is 0 Å². The summed E-state index contributed by atoms with van der Waals surface area (Å²) in [5, 5.41) is 3.31. The van der Waals surface area contributed by atoms with Crippen molar-refractivity contribution in [3.05, 3.63) is 23.5 Å². The van der Waals surface area contributed by atoms with Gasteiger partial charge in [-0.1, -0.05) is 0 Å². The Morgan fingerprint density at radius 2 is 2.22 bits per heavy atom. The number of ether oxygens (including phenoxy) is 2. The third-order valence-corrected chi connectivity index (χ3v) is 3.02. The predicted octanol–water partition coefficient (Wildman–Crippen LogP) is 1.91. The van der Waals surface area contributed by atoms with Gasteiger partial charge in [-0.3, -0.25) is 4.98 Å². The first kappa shape index (κ1) is 13.3. The van der Waals surface area contributed by atoms with Crippen molar-refractivity contribution in [3.8, 4) is 5.75 Å². The molecular formula is C14H22N2O2. The first-order valence-corrected chi connectivity index (χ1v) is 6.58. The highest BCUT2D eigenvalue weighted by Crippen LogP contribution is 2.30. The summed E-state index contributed by atoms with van der Waals surface area (Å²) in [5.74, 6) is 1.68. The highest BCUT2D eigenvalue weighted by atomic mass is 16.5. The monoisotopic (exact) mass is 250 g/mol. The van der Waals surface area contributed by atoms with Crippen molar-refractivity contribution >= 4 is 0 Å². The minimum Gasteiger partial charge on any atom is -0.491 e. The van der Waals surface area contributed by atoms with Crippen LogP contribution in [0.3, 0.4) is 0 Å². The summed E-state index contributed by atoms with van der Waals surface area (Å²) in [4.78, 5) is 4.54. The highest BCUT2D eigenvalue weighted by molar-refractivity contribution is 5.29. The van der Waals surface area contributed by atoms with E-state index in [0.717, 1.165) is 42.8 Å². The van der Waals surface area contributed by atoms with Gasteiger partial charge in [0, 0.05) is 25.9 Å². The molecule has 0 aliphatic heterocycles. The molecule has 1 aliphatic carbocycles. The smallest absolute Gasteiger partial charge is 0.142 e. The Morgan fingerprint density at radius 1 is 1.39 bits per heavy atom. The van der Waals surface area contributed by atoms with E-state index in [1.807, 2.05) is 19.1 Å². The van der Waals surface area contributed by atoms with Crippen LogP contribution in [0.1, 0.15) is 24.2 Å². The molecule has 0 amide bonds. The lowest BCUT2D eigenvalue weighted by Crippen LogP contribution is -2.20. The lowest BCUT2D eigenvalue weighted by atomic mass is 10.2. The molecule has 0 unspecified atom stereocenters. The summed E-state index contributed by atoms with van der Waals surface area (Å²) in [6, 6.07) is 4.03. The summed E-state index contributed by atoms with van der Waals surface area (Å²) in [6.07, 6.45) is 2.61. The van der Waals surface area contributed by atoms with E-state index >= 15 is 0 Å². The van der Waals surface area contributed by atoms with Crippen LogP contribution in [0.5, 0.6) is 5.75 Å². The second-order valence-corrected chi connectivity index (χ2v) is 4.82. The fourth-order valence-corrected chi connectivity index (χ4v) is 1.73. The SMILES string of the molecule is COCCNCc1nc(C)ccc1OCC1CC1. The standard InChI is InChI=1S/C14H22N2O2/c1-11-3-6-14(18-10-12-4-5-12)13(16-11)9-15-7-8-17-2/h3,6,12,15H,4-5,7-10H2,1-2H3. The summed E-state index contributed by atoms with van der Waals surface area (Å²) in [7, 11) is 1.71. The average Bonchev–Trinajstić information content (AvgIpc) is 3.17. The van der Waals surface area contributed by atoms with Crippen LogP contribution >= 0.6 is 0 Å². The van der Waals surface area contributed by atoms with Gasteiger partial charge >= 0.3 is 0 Å². The third-order valence-electron chi connectivity index (χ3n) is 3.02. The van der Waals surface area contributed by atoms with E-state index in [1.54, 1.807) is 7.11 Å². The molecule has 1 fully saturated rings. The molecule has 0 radical (unpaired) electrons. The van der Waals surface area contributed by atoms with E-state index in [0.29, 0.717) is 6.61 Å². The van der Waals surface area contributed by atoms with Crippen molar-refractivity contribution in [1.82, 2.24) is 10.3 Å². The molecule has 4 heteroatoms. The van der Waals surface area contributed by atoms with Crippen molar-refractivity contribution in [2.75, 3.05) is 26.9 Å². The van der Waals surface area contributed by atoms with Crippen LogP contribution in [0.4, 0.5) is 0 Å². The fraction of sp³-hybridized carbons (Fsp3) is 0.643. The van der Waals surface area contributed by atoms with Crippen molar-refractivity contribution in [1.29, 1.82) is 0 Å². The maximum Gasteiger partial charge on any atom is 0.142 e. The lowest BCUT2D eigenvalue weighted by molar-refractivity contribution is 0.198. The molecule has 1 saturated carbocycles. The fourth-order valence-electron chi connectivity index (χ4n) is 1.73. The van der Waals surface area contributed by atoms with Crippen LogP contribution in [0.25, 0.3) is 0 Å². The van der Waals surface area contributed by atoms with E-state index < -0.39 is 0 Å². The lowest BCUT2D eigenvalue weighted by Gasteiger charge is -2.12. The first-order valence-electron chi connectivity index (χ1n) is 6.58. The molecule has 0 saturated heterocycles. The van der Waals surface area contributed by atoms with Gasteiger partial charge in [-0.25, -0.2) is 0 Å². The zero-order chi connectivity index (χ0) is 12.8. The van der Waals surface area contributed by atoms with E-state index in [1.165, 1.54) is 12.8 Å². The molecule has 2 rings (SSSR count). The summed E-state index contributed by atoms with van der Waals surface area (Å²) in [5.41, 5.74) is 2.02. The van der Waals surface area contributed by atoms with Crippen LogP contribution < -0.4 is 10.1 Å². The minimum atomic E-state index is 0.712. The van der Waals surface area contributed by atoms with Gasteiger partial charge in [0.25, 0.3) is 0 Å². The highest BCUT2D eigenvalue weighted by Gasteiger charge is 2.22. The molecule has 1 aliphatic rings. The zero-order valence-corrected chi connectivity index (χ0v) is 11.2. The number of aromatic nitrogens is 1. The number of rotatable bonds is 8. The molecule has 1 heterocycles. The van der Waals surface area contributed by atoms with Crippen molar-refractivity contribution in [2.24, 2.45) is 5.92 Å². The average molecular weight is 250 g/mol. The number of aryl methyl sites for hydroxylation is 1. The molecule has 18 heavy (non-hydrogen) atoms. The minimum absolute atomic E-state index is 0.712. The van der Waals surface area contributed by atoms with Crippen LogP contribution in [-0.2, 0) is 11.3 Å². The van der Waals surface area contributed by atoms with Crippen LogP contribution in [0, 0.1) is 12.8 Å². The number of hydrogen-bond acceptors (Lipinski definition) is 4. The number of nitrogens with zero attached hydrogens (tertiary/aromatic N) is 1. The second kappa shape index (κ2) is 6.71. The molecule has 0 atom stereocenters. The third kappa shape index (κ3) is 4.27. The molecule has 0 bridgehead atoms. The van der Waals surface area contributed by atoms with E-state index in [4.69, 9.17) is 9.47 Å². The topological polar surface area (TPSA) is 43.4 Å². The number of methoxy groups -OCH3 is 1. The number of pyridine rings is 1. The van der Waals surface area contributed by atoms with Crippen LogP contribution in [0.15, 0.2) is 12.1 Å². The van der Waals surface area contributed by atoms with Crippen molar-refractivity contribution in [2.45, 2.75) is 26.3 Å². The Morgan fingerprint density at radius 3 is 2.94 bits per heavy atom.